The maximum absolute atomic E-state index is 11.8. The van der Waals surface area contributed by atoms with Crippen LogP contribution in [0.3, 0.4) is 0 Å². The van der Waals surface area contributed by atoms with Gasteiger partial charge in [-0.1, -0.05) is 39.0 Å². The second-order valence-electron chi connectivity index (χ2n) is 4.74. The first-order valence-corrected chi connectivity index (χ1v) is 6.59. The molecule has 1 atom stereocenters. The predicted octanol–water partition coefficient (Wildman–Crippen LogP) is 3.10. The molecule has 1 amide bonds. The predicted molar refractivity (Wildman–Crippen MR) is 73.9 cm³/mol. The summed E-state index contributed by atoms with van der Waals surface area (Å²) in [4.78, 5) is 11.8. The molecule has 0 heterocycles. The number of benzene rings is 1. The third-order valence-corrected chi connectivity index (χ3v) is 2.76. The zero-order chi connectivity index (χ0) is 13.5. The van der Waals surface area contributed by atoms with E-state index in [9.17, 15) is 4.79 Å². The van der Waals surface area contributed by atoms with Gasteiger partial charge in [0.25, 0.3) is 5.91 Å². The SMILES string of the molecule is CCCNC(=O)[C@H](C)Oc1ccccc1C(C)C. The van der Waals surface area contributed by atoms with Gasteiger partial charge in [-0.05, 0) is 30.9 Å². The highest BCUT2D eigenvalue weighted by Gasteiger charge is 2.16. The maximum Gasteiger partial charge on any atom is 0.260 e. The molecule has 3 heteroatoms. The lowest BCUT2D eigenvalue weighted by Crippen LogP contribution is -2.36. The average molecular weight is 249 g/mol. The van der Waals surface area contributed by atoms with Gasteiger partial charge in [0.1, 0.15) is 5.75 Å². The molecule has 1 rings (SSSR count). The van der Waals surface area contributed by atoms with Crippen molar-refractivity contribution in [3.63, 3.8) is 0 Å². The smallest absolute Gasteiger partial charge is 0.260 e. The van der Waals surface area contributed by atoms with Gasteiger partial charge in [0, 0.05) is 6.54 Å². The van der Waals surface area contributed by atoms with Crippen molar-refractivity contribution in [3.05, 3.63) is 29.8 Å². The Morgan fingerprint density at radius 3 is 2.56 bits per heavy atom. The van der Waals surface area contributed by atoms with Gasteiger partial charge in [0.05, 0.1) is 0 Å². The second-order valence-corrected chi connectivity index (χ2v) is 4.74. The van der Waals surface area contributed by atoms with Gasteiger partial charge in [-0.3, -0.25) is 4.79 Å². The first-order chi connectivity index (χ1) is 8.56. The Kier molecular flexibility index (Phi) is 5.69. The zero-order valence-corrected chi connectivity index (χ0v) is 11.7. The third-order valence-electron chi connectivity index (χ3n) is 2.76. The molecule has 0 radical (unpaired) electrons. The minimum Gasteiger partial charge on any atom is -0.481 e. The maximum atomic E-state index is 11.8. The van der Waals surface area contributed by atoms with E-state index in [4.69, 9.17) is 4.74 Å². The summed E-state index contributed by atoms with van der Waals surface area (Å²) in [5.74, 6) is 1.12. The highest BCUT2D eigenvalue weighted by molar-refractivity contribution is 5.80. The molecule has 0 spiro atoms. The number of ether oxygens (including phenoxy) is 1. The Morgan fingerprint density at radius 2 is 1.94 bits per heavy atom. The minimum absolute atomic E-state index is 0.0598. The lowest BCUT2D eigenvalue weighted by atomic mass is 10.0. The molecule has 0 aliphatic heterocycles. The molecule has 3 nitrogen and oxygen atoms in total. The van der Waals surface area contributed by atoms with Crippen LogP contribution >= 0.6 is 0 Å². The van der Waals surface area contributed by atoms with Crippen LogP contribution in [0, 0.1) is 0 Å². The normalized spacial score (nSPS) is 12.3. The van der Waals surface area contributed by atoms with E-state index < -0.39 is 6.10 Å². The van der Waals surface area contributed by atoms with Crippen molar-refractivity contribution < 1.29 is 9.53 Å². The van der Waals surface area contributed by atoms with Gasteiger partial charge in [-0.25, -0.2) is 0 Å². The Balaban J connectivity index is 2.69. The number of carbonyl (C=O) groups excluding carboxylic acids is 1. The number of carbonyl (C=O) groups is 1. The van der Waals surface area contributed by atoms with Crippen LogP contribution in [0.25, 0.3) is 0 Å². The van der Waals surface area contributed by atoms with Crippen molar-refractivity contribution in [2.75, 3.05) is 6.54 Å². The molecule has 0 saturated carbocycles. The van der Waals surface area contributed by atoms with Crippen LogP contribution < -0.4 is 10.1 Å². The monoisotopic (exact) mass is 249 g/mol. The Bertz CT molecular complexity index is 388. The van der Waals surface area contributed by atoms with Crippen LogP contribution in [-0.4, -0.2) is 18.6 Å². The lowest BCUT2D eigenvalue weighted by Gasteiger charge is -2.18. The zero-order valence-electron chi connectivity index (χ0n) is 11.7. The average Bonchev–Trinajstić information content (AvgIpc) is 2.36. The van der Waals surface area contributed by atoms with E-state index in [0.717, 1.165) is 17.7 Å². The summed E-state index contributed by atoms with van der Waals surface area (Å²) in [6.45, 7) is 8.73. The van der Waals surface area contributed by atoms with E-state index >= 15 is 0 Å². The van der Waals surface area contributed by atoms with Crippen LogP contribution in [0.5, 0.6) is 5.75 Å². The van der Waals surface area contributed by atoms with Crippen molar-refractivity contribution >= 4 is 5.91 Å². The summed E-state index contributed by atoms with van der Waals surface area (Å²) >= 11 is 0. The first-order valence-electron chi connectivity index (χ1n) is 6.59. The van der Waals surface area contributed by atoms with E-state index in [0.29, 0.717) is 12.5 Å². The largest absolute Gasteiger partial charge is 0.481 e. The van der Waals surface area contributed by atoms with E-state index in [1.54, 1.807) is 6.92 Å². The van der Waals surface area contributed by atoms with Crippen molar-refractivity contribution in [1.82, 2.24) is 5.32 Å². The number of rotatable bonds is 6. The van der Waals surface area contributed by atoms with E-state index in [1.165, 1.54) is 0 Å². The van der Waals surface area contributed by atoms with Gasteiger partial charge < -0.3 is 10.1 Å². The van der Waals surface area contributed by atoms with Crippen LogP contribution in [0.4, 0.5) is 0 Å². The number of nitrogens with one attached hydrogen (secondary N) is 1. The van der Waals surface area contributed by atoms with Gasteiger partial charge in [0.2, 0.25) is 0 Å². The molecular weight excluding hydrogens is 226 g/mol. The molecule has 1 aromatic carbocycles. The van der Waals surface area contributed by atoms with Crippen LogP contribution in [0.1, 0.15) is 45.6 Å². The van der Waals surface area contributed by atoms with Crippen molar-refractivity contribution in [2.45, 2.75) is 46.1 Å². The number of hydrogen-bond acceptors (Lipinski definition) is 2. The molecule has 1 aromatic rings. The summed E-state index contributed by atoms with van der Waals surface area (Å²) in [5.41, 5.74) is 1.13. The van der Waals surface area contributed by atoms with Gasteiger partial charge >= 0.3 is 0 Å². The number of amides is 1. The van der Waals surface area contributed by atoms with Crippen LogP contribution in [-0.2, 0) is 4.79 Å². The molecule has 0 aromatic heterocycles. The topological polar surface area (TPSA) is 38.3 Å². The van der Waals surface area contributed by atoms with Gasteiger partial charge in [-0.15, -0.1) is 0 Å². The summed E-state index contributed by atoms with van der Waals surface area (Å²) in [6.07, 6.45) is 0.470. The Morgan fingerprint density at radius 1 is 1.28 bits per heavy atom. The van der Waals surface area contributed by atoms with E-state index in [2.05, 4.69) is 19.2 Å². The van der Waals surface area contributed by atoms with Crippen molar-refractivity contribution in [2.24, 2.45) is 0 Å². The molecule has 0 fully saturated rings. The van der Waals surface area contributed by atoms with E-state index in [-0.39, 0.29) is 5.91 Å². The molecule has 0 bridgehead atoms. The molecule has 1 N–H and O–H groups in total. The fraction of sp³-hybridized carbons (Fsp3) is 0.533. The minimum atomic E-state index is -0.462. The van der Waals surface area contributed by atoms with Crippen molar-refractivity contribution in [3.8, 4) is 5.75 Å². The molecule has 0 unspecified atom stereocenters. The standard InChI is InChI=1S/C15H23NO2/c1-5-10-16-15(17)12(4)18-14-9-7-6-8-13(14)11(2)3/h6-9,11-12H,5,10H2,1-4H3,(H,16,17)/t12-/m0/s1. The quantitative estimate of drug-likeness (QED) is 0.841. The summed E-state index contributed by atoms with van der Waals surface area (Å²) < 4.78 is 5.75. The van der Waals surface area contributed by atoms with Crippen molar-refractivity contribution in [1.29, 1.82) is 0 Å². The fourth-order valence-corrected chi connectivity index (χ4v) is 1.70. The first kappa shape index (κ1) is 14.6. The molecule has 0 saturated heterocycles. The van der Waals surface area contributed by atoms with Gasteiger partial charge in [-0.2, -0.15) is 0 Å². The van der Waals surface area contributed by atoms with Crippen LogP contribution in [0.15, 0.2) is 24.3 Å². The number of para-hydroxylation sites is 1. The number of hydrogen-bond donors (Lipinski definition) is 1. The molecule has 0 aliphatic rings. The molecule has 100 valence electrons. The lowest BCUT2D eigenvalue weighted by molar-refractivity contribution is -0.127. The summed E-state index contributed by atoms with van der Waals surface area (Å²) in [7, 11) is 0. The highest BCUT2D eigenvalue weighted by Crippen LogP contribution is 2.26. The Hall–Kier alpha value is -1.51. The summed E-state index contributed by atoms with van der Waals surface area (Å²) in [5, 5.41) is 2.84. The molecular formula is C15H23NO2. The molecule has 0 aliphatic carbocycles. The molecule has 18 heavy (non-hydrogen) atoms. The van der Waals surface area contributed by atoms with E-state index in [1.807, 2.05) is 31.2 Å². The second kappa shape index (κ2) is 7.04. The Labute approximate surface area is 110 Å². The van der Waals surface area contributed by atoms with Gasteiger partial charge in [0.15, 0.2) is 6.10 Å². The third kappa shape index (κ3) is 4.06. The summed E-state index contributed by atoms with van der Waals surface area (Å²) in [6, 6.07) is 7.87. The van der Waals surface area contributed by atoms with Crippen LogP contribution in [0.2, 0.25) is 0 Å². The fourth-order valence-electron chi connectivity index (χ4n) is 1.70. The highest BCUT2D eigenvalue weighted by atomic mass is 16.5.